The summed E-state index contributed by atoms with van der Waals surface area (Å²) < 4.78 is 0. The zero-order valence-corrected chi connectivity index (χ0v) is 15.0. The van der Waals surface area contributed by atoms with Gasteiger partial charge in [-0.3, -0.25) is 9.59 Å². The van der Waals surface area contributed by atoms with E-state index in [1.165, 1.54) is 24.0 Å². The van der Waals surface area contributed by atoms with Gasteiger partial charge in [0.15, 0.2) is 0 Å². The van der Waals surface area contributed by atoms with Crippen molar-refractivity contribution >= 4 is 11.8 Å². The van der Waals surface area contributed by atoms with Gasteiger partial charge >= 0.3 is 0 Å². The van der Waals surface area contributed by atoms with Crippen LogP contribution in [0.4, 0.5) is 0 Å². The molecular weight excluding hydrogens is 312 g/mol. The average Bonchev–Trinajstić information content (AvgIpc) is 3.50. The zero-order valence-electron chi connectivity index (χ0n) is 15.0. The van der Waals surface area contributed by atoms with Gasteiger partial charge in [-0.15, -0.1) is 0 Å². The molecule has 1 aromatic rings. The first kappa shape index (κ1) is 16.6. The molecule has 1 N–H and O–H groups in total. The number of amides is 2. The molecule has 2 amide bonds. The molecule has 0 aromatic heterocycles. The zero-order chi connectivity index (χ0) is 17.4. The topological polar surface area (TPSA) is 49.4 Å². The van der Waals surface area contributed by atoms with Gasteiger partial charge in [0.2, 0.25) is 11.8 Å². The summed E-state index contributed by atoms with van der Waals surface area (Å²) in [4.78, 5) is 27.2. The monoisotopic (exact) mass is 340 g/mol. The van der Waals surface area contributed by atoms with Crippen LogP contribution in [0.2, 0.25) is 0 Å². The Balaban J connectivity index is 1.41. The average molecular weight is 340 g/mol. The van der Waals surface area contributed by atoms with Crippen LogP contribution in [-0.4, -0.2) is 35.3 Å². The lowest BCUT2D eigenvalue weighted by molar-refractivity contribution is -0.139. The van der Waals surface area contributed by atoms with Crippen LogP contribution in [0.3, 0.4) is 0 Å². The van der Waals surface area contributed by atoms with E-state index in [0.717, 1.165) is 38.6 Å². The fraction of sp³-hybridized carbons (Fsp3) is 0.619. The minimum Gasteiger partial charge on any atom is -0.351 e. The van der Waals surface area contributed by atoms with Crippen molar-refractivity contribution in [2.24, 2.45) is 11.8 Å². The number of carbonyl (C=O) groups excluding carboxylic acids is 2. The fourth-order valence-corrected chi connectivity index (χ4v) is 4.07. The van der Waals surface area contributed by atoms with Gasteiger partial charge in [-0.1, -0.05) is 29.8 Å². The SMILES string of the molecule is Cc1cccc(C[C@@H](NC(=O)[C@H]2CCCN2C(=O)C2CC2)C2CC2)c1. The van der Waals surface area contributed by atoms with Crippen molar-refractivity contribution in [2.75, 3.05) is 6.54 Å². The molecule has 134 valence electrons. The number of carbonyl (C=O) groups is 2. The van der Waals surface area contributed by atoms with Crippen molar-refractivity contribution in [1.29, 1.82) is 0 Å². The van der Waals surface area contributed by atoms with Gasteiger partial charge in [-0.2, -0.15) is 0 Å². The summed E-state index contributed by atoms with van der Waals surface area (Å²) in [6, 6.07) is 8.50. The molecule has 4 rings (SSSR count). The van der Waals surface area contributed by atoms with Crippen molar-refractivity contribution < 1.29 is 9.59 Å². The van der Waals surface area contributed by atoms with E-state index in [1.807, 2.05) is 4.90 Å². The Morgan fingerprint density at radius 2 is 2.00 bits per heavy atom. The third-order valence-corrected chi connectivity index (χ3v) is 5.82. The van der Waals surface area contributed by atoms with Gasteiger partial charge in [0, 0.05) is 18.5 Å². The summed E-state index contributed by atoms with van der Waals surface area (Å²) in [7, 11) is 0. The molecule has 25 heavy (non-hydrogen) atoms. The Morgan fingerprint density at radius 1 is 1.20 bits per heavy atom. The summed E-state index contributed by atoms with van der Waals surface area (Å²) in [5, 5.41) is 3.30. The van der Waals surface area contributed by atoms with E-state index in [2.05, 4.69) is 36.5 Å². The Bertz CT molecular complexity index is 664. The normalized spacial score (nSPS) is 24.2. The van der Waals surface area contributed by atoms with Crippen LogP contribution >= 0.6 is 0 Å². The van der Waals surface area contributed by atoms with E-state index in [9.17, 15) is 9.59 Å². The molecule has 2 atom stereocenters. The highest BCUT2D eigenvalue weighted by Crippen LogP contribution is 2.36. The molecule has 2 aliphatic carbocycles. The van der Waals surface area contributed by atoms with E-state index in [4.69, 9.17) is 0 Å². The smallest absolute Gasteiger partial charge is 0.243 e. The molecule has 0 unspecified atom stereocenters. The number of hydrogen-bond donors (Lipinski definition) is 1. The third kappa shape index (κ3) is 3.88. The third-order valence-electron chi connectivity index (χ3n) is 5.82. The minimum atomic E-state index is -0.244. The summed E-state index contributed by atoms with van der Waals surface area (Å²) in [6.07, 6.45) is 7.05. The van der Waals surface area contributed by atoms with Crippen molar-refractivity contribution in [3.63, 3.8) is 0 Å². The Morgan fingerprint density at radius 3 is 2.68 bits per heavy atom. The first-order valence-corrected chi connectivity index (χ1v) is 9.78. The van der Waals surface area contributed by atoms with Crippen LogP contribution in [0, 0.1) is 18.8 Å². The van der Waals surface area contributed by atoms with Crippen LogP contribution in [0.25, 0.3) is 0 Å². The maximum absolute atomic E-state index is 12.9. The summed E-state index contributed by atoms with van der Waals surface area (Å²) in [6.45, 7) is 2.85. The van der Waals surface area contributed by atoms with Gasteiger partial charge in [-0.05, 0) is 63.4 Å². The number of rotatable bonds is 6. The number of benzene rings is 1. The standard InChI is InChI=1S/C21H28N2O2/c1-14-4-2-5-15(12-14)13-18(16-7-8-16)22-20(24)19-6-3-11-23(19)21(25)17-9-10-17/h2,4-5,12,16-19H,3,6-11,13H2,1H3,(H,22,24)/t18-,19-/m1/s1. The molecule has 0 bridgehead atoms. The van der Waals surface area contributed by atoms with E-state index < -0.39 is 0 Å². The predicted octanol–water partition coefficient (Wildman–Crippen LogP) is 2.83. The van der Waals surface area contributed by atoms with Crippen molar-refractivity contribution in [3.8, 4) is 0 Å². The predicted molar refractivity (Wildman–Crippen MR) is 97.0 cm³/mol. The number of nitrogens with one attached hydrogen (secondary N) is 1. The van der Waals surface area contributed by atoms with Crippen LogP contribution in [0.1, 0.15) is 49.7 Å². The van der Waals surface area contributed by atoms with E-state index in [0.29, 0.717) is 5.92 Å². The second-order valence-electron chi connectivity index (χ2n) is 8.11. The lowest BCUT2D eigenvalue weighted by Crippen LogP contribution is -2.50. The number of aryl methyl sites for hydroxylation is 1. The van der Waals surface area contributed by atoms with Crippen LogP contribution in [-0.2, 0) is 16.0 Å². The van der Waals surface area contributed by atoms with Gasteiger partial charge < -0.3 is 10.2 Å². The van der Waals surface area contributed by atoms with Crippen LogP contribution in [0.15, 0.2) is 24.3 Å². The molecule has 4 heteroatoms. The Labute approximate surface area is 150 Å². The quantitative estimate of drug-likeness (QED) is 0.866. The van der Waals surface area contributed by atoms with Gasteiger partial charge in [0.05, 0.1) is 0 Å². The molecule has 2 saturated carbocycles. The molecule has 1 aliphatic heterocycles. The van der Waals surface area contributed by atoms with Crippen molar-refractivity contribution in [2.45, 2.75) is 64.0 Å². The molecule has 0 spiro atoms. The Kier molecular flexibility index (Phi) is 4.53. The highest BCUT2D eigenvalue weighted by molar-refractivity contribution is 5.90. The summed E-state index contributed by atoms with van der Waals surface area (Å²) in [5.41, 5.74) is 2.55. The minimum absolute atomic E-state index is 0.0658. The van der Waals surface area contributed by atoms with Crippen molar-refractivity contribution in [3.05, 3.63) is 35.4 Å². The maximum atomic E-state index is 12.9. The molecule has 1 aromatic carbocycles. The van der Waals surface area contributed by atoms with Crippen LogP contribution < -0.4 is 5.32 Å². The summed E-state index contributed by atoms with van der Waals surface area (Å²) in [5.74, 6) is 1.06. The molecular formula is C21H28N2O2. The molecule has 3 aliphatic rings. The highest BCUT2D eigenvalue weighted by Gasteiger charge is 2.42. The molecule has 1 saturated heterocycles. The van der Waals surface area contributed by atoms with Gasteiger partial charge in [-0.25, -0.2) is 0 Å². The van der Waals surface area contributed by atoms with Crippen molar-refractivity contribution in [1.82, 2.24) is 10.2 Å². The van der Waals surface area contributed by atoms with E-state index >= 15 is 0 Å². The lowest BCUT2D eigenvalue weighted by atomic mass is 10.00. The largest absolute Gasteiger partial charge is 0.351 e. The fourth-order valence-electron chi connectivity index (χ4n) is 4.07. The van der Waals surface area contributed by atoms with Crippen LogP contribution in [0.5, 0.6) is 0 Å². The van der Waals surface area contributed by atoms with Gasteiger partial charge in [0.1, 0.15) is 6.04 Å². The molecule has 1 heterocycles. The number of hydrogen-bond acceptors (Lipinski definition) is 2. The lowest BCUT2D eigenvalue weighted by Gasteiger charge is -2.27. The first-order chi connectivity index (χ1) is 12.1. The molecule has 0 radical (unpaired) electrons. The molecule has 4 nitrogen and oxygen atoms in total. The second kappa shape index (κ2) is 6.81. The first-order valence-electron chi connectivity index (χ1n) is 9.78. The number of nitrogens with zero attached hydrogens (tertiary/aromatic N) is 1. The maximum Gasteiger partial charge on any atom is 0.243 e. The van der Waals surface area contributed by atoms with E-state index in [-0.39, 0.29) is 29.8 Å². The second-order valence-corrected chi connectivity index (χ2v) is 8.11. The summed E-state index contributed by atoms with van der Waals surface area (Å²) >= 11 is 0. The molecule has 3 fully saturated rings. The van der Waals surface area contributed by atoms with Gasteiger partial charge in [0.25, 0.3) is 0 Å². The number of likely N-dealkylation sites (tertiary alicyclic amines) is 1. The highest BCUT2D eigenvalue weighted by atomic mass is 16.2. The Hall–Kier alpha value is -1.84. The van der Waals surface area contributed by atoms with E-state index in [1.54, 1.807) is 0 Å².